The normalized spacial score (nSPS) is 21.8. The standard InChI is InChI=1S/C33H39N5O3S/c1-23-36-30-12-5-6-13-32(30)38(23)28-17-19-37(31-15-14-25(31)20-28)18-16-27(24-8-3-2-4-9-24)22-35-42(40,41)29-11-7-10-26(21-29)33(34)39/h2-13,21,25,27-28,31,35H,14-20,22H2,1H3,(H2,34,39)/t25-,27?,28-,31?/m0/s1. The van der Waals surface area contributed by atoms with Gasteiger partial charge in [0, 0.05) is 30.7 Å². The van der Waals surface area contributed by atoms with Gasteiger partial charge in [0.25, 0.3) is 0 Å². The Morgan fingerprint density at radius 3 is 2.57 bits per heavy atom. The minimum absolute atomic E-state index is 0.0118. The lowest BCUT2D eigenvalue weighted by Crippen LogP contribution is -2.46. The Morgan fingerprint density at radius 1 is 1.02 bits per heavy atom. The number of para-hydroxylation sites is 2. The number of rotatable bonds is 10. The molecule has 8 nitrogen and oxygen atoms in total. The molecule has 0 spiro atoms. The summed E-state index contributed by atoms with van der Waals surface area (Å²) in [6.07, 6.45) is 5.58. The SMILES string of the molecule is Cc1nc2ccccc2n1[C@H]1CCN(CCC(CNS(=O)(=O)c2cccc(C(N)=O)c2)c2ccccc2)C2CC[C@H]2C1. The van der Waals surface area contributed by atoms with E-state index < -0.39 is 15.9 Å². The maximum atomic E-state index is 13.2. The van der Waals surface area contributed by atoms with E-state index in [0.29, 0.717) is 18.0 Å². The van der Waals surface area contributed by atoms with E-state index in [1.165, 1.54) is 43.0 Å². The Labute approximate surface area is 248 Å². The number of aryl methyl sites for hydroxylation is 1. The molecule has 3 aromatic carbocycles. The molecule has 42 heavy (non-hydrogen) atoms. The fraction of sp³-hybridized carbons (Fsp3) is 0.394. The Bertz CT molecular complexity index is 1670. The maximum Gasteiger partial charge on any atom is 0.248 e. The fourth-order valence-electron chi connectivity index (χ4n) is 6.94. The van der Waals surface area contributed by atoms with Crippen molar-refractivity contribution in [2.75, 3.05) is 19.6 Å². The zero-order valence-corrected chi connectivity index (χ0v) is 24.8. The smallest absolute Gasteiger partial charge is 0.248 e. The van der Waals surface area contributed by atoms with Crippen LogP contribution in [0.1, 0.15) is 65.8 Å². The van der Waals surface area contributed by atoms with Crippen LogP contribution in [-0.4, -0.2) is 54.5 Å². The van der Waals surface area contributed by atoms with Crippen LogP contribution < -0.4 is 10.5 Å². The summed E-state index contributed by atoms with van der Waals surface area (Å²) in [5.41, 5.74) is 8.95. The molecule has 0 bridgehead atoms. The van der Waals surface area contributed by atoms with E-state index in [-0.39, 0.29) is 22.9 Å². The highest BCUT2D eigenvalue weighted by Crippen LogP contribution is 2.43. The number of aromatic nitrogens is 2. The van der Waals surface area contributed by atoms with Gasteiger partial charge in [-0.05, 0) is 93.3 Å². The predicted molar refractivity (Wildman–Crippen MR) is 165 cm³/mol. The predicted octanol–water partition coefficient (Wildman–Crippen LogP) is 5.01. The van der Waals surface area contributed by atoms with Gasteiger partial charge in [0.1, 0.15) is 5.82 Å². The van der Waals surface area contributed by atoms with E-state index in [1.807, 2.05) is 18.2 Å². The van der Waals surface area contributed by atoms with Crippen molar-refractivity contribution in [3.05, 3.63) is 95.8 Å². The summed E-state index contributed by atoms with van der Waals surface area (Å²) < 4.78 is 31.6. The zero-order valence-electron chi connectivity index (χ0n) is 24.0. The van der Waals surface area contributed by atoms with E-state index in [0.717, 1.165) is 42.8 Å². The molecule has 3 N–H and O–H groups in total. The van der Waals surface area contributed by atoms with Crippen molar-refractivity contribution in [1.82, 2.24) is 19.2 Å². The molecule has 1 saturated heterocycles. The van der Waals surface area contributed by atoms with Crippen LogP contribution in [0.5, 0.6) is 0 Å². The van der Waals surface area contributed by atoms with Gasteiger partial charge < -0.3 is 15.2 Å². The Balaban J connectivity index is 1.16. The van der Waals surface area contributed by atoms with E-state index in [2.05, 4.69) is 57.5 Å². The van der Waals surface area contributed by atoms with E-state index in [9.17, 15) is 13.2 Å². The van der Waals surface area contributed by atoms with Gasteiger partial charge in [-0.15, -0.1) is 0 Å². The van der Waals surface area contributed by atoms with E-state index in [4.69, 9.17) is 10.7 Å². The number of nitrogens with two attached hydrogens (primary N) is 1. The van der Waals surface area contributed by atoms with Gasteiger partial charge in [-0.3, -0.25) is 4.79 Å². The number of likely N-dealkylation sites (tertiary alicyclic amines) is 1. The van der Waals surface area contributed by atoms with Gasteiger partial charge in [-0.2, -0.15) is 0 Å². The third kappa shape index (κ3) is 5.86. The van der Waals surface area contributed by atoms with Crippen molar-refractivity contribution in [2.24, 2.45) is 11.7 Å². The van der Waals surface area contributed by atoms with Crippen molar-refractivity contribution in [3.63, 3.8) is 0 Å². The number of primary amides is 1. The van der Waals surface area contributed by atoms with Crippen molar-refractivity contribution in [2.45, 2.75) is 61.9 Å². The second-order valence-electron chi connectivity index (χ2n) is 11.8. The summed E-state index contributed by atoms with van der Waals surface area (Å²) in [5.74, 6) is 1.12. The highest BCUT2D eigenvalue weighted by atomic mass is 32.2. The first-order valence-electron chi connectivity index (χ1n) is 14.9. The number of carbonyl (C=O) groups is 1. The van der Waals surface area contributed by atoms with Gasteiger partial charge in [0.2, 0.25) is 15.9 Å². The molecule has 220 valence electrons. The van der Waals surface area contributed by atoms with Gasteiger partial charge in [0.15, 0.2) is 0 Å². The molecule has 6 rings (SSSR count). The number of sulfonamides is 1. The van der Waals surface area contributed by atoms with E-state index in [1.54, 1.807) is 6.07 Å². The monoisotopic (exact) mass is 585 g/mol. The number of hydrogen-bond acceptors (Lipinski definition) is 5. The summed E-state index contributed by atoms with van der Waals surface area (Å²) in [4.78, 5) is 19.1. The molecule has 2 unspecified atom stereocenters. The summed E-state index contributed by atoms with van der Waals surface area (Å²) in [5, 5.41) is 0. The summed E-state index contributed by atoms with van der Waals surface area (Å²) in [6.45, 7) is 4.33. The summed E-state index contributed by atoms with van der Waals surface area (Å²) >= 11 is 0. The topological polar surface area (TPSA) is 110 Å². The molecule has 1 aliphatic heterocycles. The molecule has 1 aromatic heterocycles. The van der Waals surface area contributed by atoms with Crippen LogP contribution in [0.15, 0.2) is 83.8 Å². The molecule has 4 atom stereocenters. The largest absolute Gasteiger partial charge is 0.366 e. The minimum Gasteiger partial charge on any atom is -0.366 e. The highest BCUT2D eigenvalue weighted by molar-refractivity contribution is 7.89. The number of carbonyl (C=O) groups excluding carboxylic acids is 1. The van der Waals surface area contributed by atoms with Crippen LogP contribution in [-0.2, 0) is 10.0 Å². The second-order valence-corrected chi connectivity index (χ2v) is 13.5. The zero-order chi connectivity index (χ0) is 29.3. The molecule has 1 aliphatic carbocycles. The third-order valence-corrected chi connectivity index (χ3v) is 10.7. The van der Waals surface area contributed by atoms with E-state index >= 15 is 0 Å². The molecule has 2 aliphatic rings. The number of fused-ring (bicyclic) bond motifs is 2. The molecular formula is C33H39N5O3S. The lowest BCUT2D eigenvalue weighted by atomic mass is 9.75. The number of hydrogen-bond donors (Lipinski definition) is 2. The van der Waals surface area contributed by atoms with Crippen molar-refractivity contribution in [3.8, 4) is 0 Å². The number of amides is 1. The quantitative estimate of drug-likeness (QED) is 0.272. The lowest BCUT2D eigenvalue weighted by molar-refractivity contribution is 0.0701. The first kappa shape index (κ1) is 28.6. The Kier molecular flexibility index (Phi) is 8.16. The van der Waals surface area contributed by atoms with Crippen LogP contribution >= 0.6 is 0 Å². The molecule has 1 saturated carbocycles. The fourth-order valence-corrected chi connectivity index (χ4v) is 8.06. The minimum atomic E-state index is -3.81. The van der Waals surface area contributed by atoms with Gasteiger partial charge in [-0.25, -0.2) is 18.1 Å². The van der Waals surface area contributed by atoms with Gasteiger partial charge in [0.05, 0.1) is 15.9 Å². The van der Waals surface area contributed by atoms with Crippen molar-refractivity contribution < 1.29 is 13.2 Å². The Morgan fingerprint density at radius 2 is 1.81 bits per heavy atom. The molecule has 2 heterocycles. The maximum absolute atomic E-state index is 13.2. The molecule has 2 fully saturated rings. The number of benzene rings is 3. The molecule has 9 heteroatoms. The Hall–Kier alpha value is -3.53. The van der Waals surface area contributed by atoms with Gasteiger partial charge in [-0.1, -0.05) is 48.5 Å². The average molecular weight is 586 g/mol. The number of nitrogens with zero attached hydrogens (tertiary/aromatic N) is 3. The summed E-state index contributed by atoms with van der Waals surface area (Å²) in [7, 11) is -3.81. The molecular weight excluding hydrogens is 546 g/mol. The third-order valence-electron chi connectivity index (χ3n) is 9.29. The molecule has 4 aromatic rings. The molecule has 1 amide bonds. The van der Waals surface area contributed by atoms with Crippen LogP contribution in [0.4, 0.5) is 0 Å². The molecule has 0 radical (unpaired) electrons. The van der Waals surface area contributed by atoms with Crippen LogP contribution in [0, 0.1) is 12.8 Å². The number of imidazole rings is 1. The average Bonchev–Trinajstić information content (AvgIpc) is 3.26. The van der Waals surface area contributed by atoms with Crippen molar-refractivity contribution in [1.29, 1.82) is 0 Å². The van der Waals surface area contributed by atoms with Crippen LogP contribution in [0.3, 0.4) is 0 Å². The number of nitrogens with one attached hydrogen (secondary N) is 1. The van der Waals surface area contributed by atoms with Gasteiger partial charge >= 0.3 is 0 Å². The first-order chi connectivity index (χ1) is 20.3. The highest BCUT2D eigenvalue weighted by Gasteiger charge is 2.40. The second kappa shape index (κ2) is 12.0. The van der Waals surface area contributed by atoms with Crippen molar-refractivity contribution >= 4 is 27.0 Å². The van der Waals surface area contributed by atoms with Crippen LogP contribution in [0.2, 0.25) is 0 Å². The first-order valence-corrected chi connectivity index (χ1v) is 16.4. The summed E-state index contributed by atoms with van der Waals surface area (Å²) in [6, 6.07) is 25.5. The lowest BCUT2D eigenvalue weighted by Gasteiger charge is -2.43. The van der Waals surface area contributed by atoms with Crippen LogP contribution in [0.25, 0.3) is 11.0 Å².